The van der Waals surface area contributed by atoms with Gasteiger partial charge in [0, 0.05) is 6.04 Å². The molecular formula is C19H33NO2. The molecule has 1 aliphatic rings. The van der Waals surface area contributed by atoms with E-state index in [1.807, 2.05) is 71.9 Å². The standard InChI is InChI=1S/C15H21NO2.2C2H6/c1-11(10-13-8-9-13)16-15(17)18-12(2)14-6-4-3-5-7-14;2*1-2/h3-7,11-13H,8-10H2,1-2H3,(H,16,17);2*1-2H3. The van der Waals surface area contributed by atoms with Gasteiger partial charge in [0.05, 0.1) is 0 Å². The molecule has 0 bridgehead atoms. The third-order valence-electron chi connectivity index (χ3n) is 3.30. The molecule has 2 unspecified atom stereocenters. The van der Waals surface area contributed by atoms with Crippen molar-refractivity contribution < 1.29 is 9.53 Å². The Morgan fingerprint density at radius 3 is 2.18 bits per heavy atom. The monoisotopic (exact) mass is 307 g/mol. The van der Waals surface area contributed by atoms with Crippen LogP contribution < -0.4 is 5.32 Å². The molecule has 1 fully saturated rings. The molecule has 0 aromatic heterocycles. The zero-order valence-corrected chi connectivity index (χ0v) is 15.1. The SMILES string of the molecule is CC.CC.CC(CC1CC1)NC(=O)OC(C)c1ccccc1. The Morgan fingerprint density at radius 2 is 1.68 bits per heavy atom. The Labute approximate surface area is 136 Å². The van der Waals surface area contributed by atoms with Crippen LogP contribution in [0.2, 0.25) is 0 Å². The minimum Gasteiger partial charge on any atom is -0.442 e. The van der Waals surface area contributed by atoms with Crippen molar-refractivity contribution in [2.24, 2.45) is 5.92 Å². The number of hydrogen-bond acceptors (Lipinski definition) is 2. The van der Waals surface area contributed by atoms with Crippen molar-refractivity contribution >= 4 is 6.09 Å². The van der Waals surface area contributed by atoms with E-state index in [-0.39, 0.29) is 18.2 Å². The molecule has 0 radical (unpaired) electrons. The van der Waals surface area contributed by atoms with Gasteiger partial charge in [0.2, 0.25) is 0 Å². The number of ether oxygens (including phenoxy) is 1. The topological polar surface area (TPSA) is 38.3 Å². The highest BCUT2D eigenvalue weighted by atomic mass is 16.6. The molecule has 1 N–H and O–H groups in total. The maximum absolute atomic E-state index is 11.7. The van der Waals surface area contributed by atoms with Crippen LogP contribution in [0, 0.1) is 5.92 Å². The van der Waals surface area contributed by atoms with Crippen molar-refractivity contribution in [3.8, 4) is 0 Å². The van der Waals surface area contributed by atoms with E-state index in [2.05, 4.69) is 5.32 Å². The van der Waals surface area contributed by atoms with E-state index >= 15 is 0 Å². The van der Waals surface area contributed by atoms with Gasteiger partial charge >= 0.3 is 6.09 Å². The van der Waals surface area contributed by atoms with E-state index < -0.39 is 0 Å². The molecule has 1 aromatic rings. The maximum Gasteiger partial charge on any atom is 0.407 e. The predicted octanol–water partition coefficient (Wildman–Crippen LogP) is 5.71. The van der Waals surface area contributed by atoms with Crippen LogP contribution in [0.25, 0.3) is 0 Å². The van der Waals surface area contributed by atoms with Crippen LogP contribution in [0.5, 0.6) is 0 Å². The Bertz CT molecular complexity index is 388. The van der Waals surface area contributed by atoms with Crippen LogP contribution in [0.1, 0.15) is 72.5 Å². The number of alkyl carbamates (subject to hydrolysis) is 1. The highest BCUT2D eigenvalue weighted by Gasteiger charge is 2.24. The summed E-state index contributed by atoms with van der Waals surface area (Å²) in [7, 11) is 0. The molecule has 0 spiro atoms. The molecule has 1 saturated carbocycles. The van der Waals surface area contributed by atoms with Crippen molar-refractivity contribution in [2.75, 3.05) is 0 Å². The number of nitrogens with one attached hydrogen (secondary N) is 1. The Kier molecular flexibility index (Phi) is 11.2. The Morgan fingerprint density at radius 1 is 1.14 bits per heavy atom. The van der Waals surface area contributed by atoms with Crippen LogP contribution in [0.4, 0.5) is 4.79 Å². The van der Waals surface area contributed by atoms with Gasteiger partial charge in [-0.15, -0.1) is 0 Å². The van der Waals surface area contributed by atoms with Crippen molar-refractivity contribution in [2.45, 2.75) is 73.0 Å². The lowest BCUT2D eigenvalue weighted by molar-refractivity contribution is 0.104. The van der Waals surface area contributed by atoms with Gasteiger partial charge in [-0.1, -0.05) is 70.9 Å². The number of carbonyl (C=O) groups excluding carboxylic acids is 1. The predicted molar refractivity (Wildman–Crippen MR) is 94.0 cm³/mol. The van der Waals surface area contributed by atoms with Crippen LogP contribution in [-0.2, 0) is 4.74 Å². The molecule has 2 rings (SSSR count). The number of hydrogen-bond donors (Lipinski definition) is 1. The van der Waals surface area contributed by atoms with Crippen molar-refractivity contribution in [3.05, 3.63) is 35.9 Å². The lowest BCUT2D eigenvalue weighted by Crippen LogP contribution is -2.33. The average Bonchev–Trinajstić information content (AvgIpc) is 3.35. The molecule has 1 aromatic carbocycles. The van der Waals surface area contributed by atoms with E-state index in [9.17, 15) is 4.79 Å². The minimum absolute atomic E-state index is 0.202. The summed E-state index contributed by atoms with van der Waals surface area (Å²) in [5, 5.41) is 2.89. The fourth-order valence-corrected chi connectivity index (χ4v) is 2.10. The van der Waals surface area contributed by atoms with Crippen molar-refractivity contribution in [3.63, 3.8) is 0 Å². The third kappa shape index (κ3) is 8.71. The molecule has 126 valence electrons. The molecule has 0 saturated heterocycles. The molecular weight excluding hydrogens is 274 g/mol. The quantitative estimate of drug-likeness (QED) is 0.756. The normalized spacial score (nSPS) is 15.2. The van der Waals surface area contributed by atoms with Crippen molar-refractivity contribution in [1.29, 1.82) is 0 Å². The summed E-state index contributed by atoms with van der Waals surface area (Å²) in [6.45, 7) is 11.9. The van der Waals surface area contributed by atoms with E-state index in [0.717, 1.165) is 17.9 Å². The second-order valence-corrected chi connectivity index (χ2v) is 5.18. The molecule has 3 heteroatoms. The largest absolute Gasteiger partial charge is 0.442 e. The van der Waals surface area contributed by atoms with Crippen molar-refractivity contribution in [1.82, 2.24) is 5.32 Å². The van der Waals surface area contributed by atoms with Gasteiger partial charge in [0.25, 0.3) is 0 Å². The number of amides is 1. The van der Waals surface area contributed by atoms with Gasteiger partial charge in [-0.3, -0.25) is 0 Å². The summed E-state index contributed by atoms with van der Waals surface area (Å²) in [4.78, 5) is 11.7. The second kappa shape index (κ2) is 12.1. The van der Waals surface area contributed by atoms with Crippen LogP contribution >= 0.6 is 0 Å². The van der Waals surface area contributed by atoms with Gasteiger partial charge in [-0.2, -0.15) is 0 Å². The fourth-order valence-electron chi connectivity index (χ4n) is 2.10. The molecule has 22 heavy (non-hydrogen) atoms. The zero-order valence-electron chi connectivity index (χ0n) is 15.1. The molecule has 3 nitrogen and oxygen atoms in total. The number of rotatable bonds is 5. The van der Waals surface area contributed by atoms with E-state index in [4.69, 9.17) is 4.74 Å². The minimum atomic E-state index is -0.320. The first kappa shape index (κ1) is 20.5. The van der Waals surface area contributed by atoms with E-state index in [0.29, 0.717) is 0 Å². The summed E-state index contributed by atoms with van der Waals surface area (Å²) in [6, 6.07) is 9.98. The lowest BCUT2D eigenvalue weighted by atomic mass is 10.1. The first-order chi connectivity index (χ1) is 10.6. The van der Waals surface area contributed by atoms with Crippen LogP contribution in [0.15, 0.2) is 30.3 Å². The van der Waals surface area contributed by atoms with E-state index in [1.165, 1.54) is 12.8 Å². The molecule has 1 amide bonds. The first-order valence-corrected chi connectivity index (χ1v) is 8.67. The second-order valence-electron chi connectivity index (χ2n) is 5.18. The molecule has 2 atom stereocenters. The summed E-state index contributed by atoms with van der Waals surface area (Å²) in [5.74, 6) is 0.812. The van der Waals surface area contributed by atoms with Crippen LogP contribution in [0.3, 0.4) is 0 Å². The molecule has 1 aliphatic carbocycles. The van der Waals surface area contributed by atoms with Gasteiger partial charge in [0.1, 0.15) is 6.10 Å². The number of benzene rings is 1. The zero-order chi connectivity index (χ0) is 17.0. The summed E-state index contributed by atoms with van der Waals surface area (Å²) in [6.07, 6.45) is 3.15. The van der Waals surface area contributed by atoms with Gasteiger partial charge in [-0.05, 0) is 31.7 Å². The van der Waals surface area contributed by atoms with E-state index in [1.54, 1.807) is 0 Å². The average molecular weight is 307 g/mol. The molecule has 0 heterocycles. The first-order valence-electron chi connectivity index (χ1n) is 8.67. The highest BCUT2D eigenvalue weighted by Crippen LogP contribution is 2.33. The number of carbonyl (C=O) groups is 1. The van der Waals surface area contributed by atoms with Gasteiger partial charge in [-0.25, -0.2) is 4.79 Å². The summed E-state index contributed by atoms with van der Waals surface area (Å²) < 4.78 is 5.36. The lowest BCUT2D eigenvalue weighted by Gasteiger charge is -2.17. The Balaban J connectivity index is 0.00000102. The third-order valence-corrected chi connectivity index (χ3v) is 3.30. The molecule has 0 aliphatic heterocycles. The highest BCUT2D eigenvalue weighted by molar-refractivity contribution is 5.67. The van der Waals surface area contributed by atoms with Gasteiger partial charge < -0.3 is 10.1 Å². The maximum atomic E-state index is 11.7. The summed E-state index contributed by atoms with van der Waals surface area (Å²) in [5.41, 5.74) is 1.02. The van der Waals surface area contributed by atoms with Crippen LogP contribution in [-0.4, -0.2) is 12.1 Å². The fraction of sp³-hybridized carbons (Fsp3) is 0.632. The Hall–Kier alpha value is -1.51. The summed E-state index contributed by atoms with van der Waals surface area (Å²) >= 11 is 0. The smallest absolute Gasteiger partial charge is 0.407 e. The van der Waals surface area contributed by atoms with Gasteiger partial charge in [0.15, 0.2) is 0 Å².